The van der Waals surface area contributed by atoms with Gasteiger partial charge in [-0.1, -0.05) is 12.1 Å². The van der Waals surface area contributed by atoms with Crippen LogP contribution in [0.25, 0.3) is 0 Å². The number of rotatable bonds is 8. The van der Waals surface area contributed by atoms with Crippen molar-refractivity contribution in [3.63, 3.8) is 0 Å². The van der Waals surface area contributed by atoms with Crippen LogP contribution in [0.3, 0.4) is 0 Å². The molecule has 0 aliphatic carbocycles. The van der Waals surface area contributed by atoms with Gasteiger partial charge in [-0.25, -0.2) is 0 Å². The van der Waals surface area contributed by atoms with Crippen molar-refractivity contribution < 1.29 is 19.1 Å². The van der Waals surface area contributed by atoms with Crippen molar-refractivity contribution in [2.75, 3.05) is 33.4 Å². The third-order valence-corrected chi connectivity index (χ3v) is 7.11. The first-order valence-electron chi connectivity index (χ1n) is 12.0. The molecule has 3 saturated heterocycles. The summed E-state index contributed by atoms with van der Waals surface area (Å²) in [5.74, 6) is 1.54. The first-order chi connectivity index (χ1) is 15.4. The number of benzene rings is 1. The van der Waals surface area contributed by atoms with Crippen LogP contribution in [-0.4, -0.2) is 73.2 Å². The summed E-state index contributed by atoms with van der Waals surface area (Å²) in [6.07, 6.45) is 3.00. The molecule has 3 aliphatic heterocycles. The molecular weight excluding hydrogens is 406 g/mol. The minimum absolute atomic E-state index is 0.0894. The highest BCUT2D eigenvalue weighted by Gasteiger charge is 2.51. The van der Waals surface area contributed by atoms with Crippen molar-refractivity contribution in [1.29, 1.82) is 0 Å². The summed E-state index contributed by atoms with van der Waals surface area (Å²) in [7, 11) is 1.67. The van der Waals surface area contributed by atoms with E-state index in [1.807, 2.05) is 30.9 Å². The fraction of sp³-hybridized carbons (Fsp3) is 0.680. The average molecular weight is 444 g/mol. The zero-order valence-corrected chi connectivity index (χ0v) is 19.6. The Labute approximate surface area is 191 Å². The second-order valence-electron chi connectivity index (χ2n) is 9.77. The lowest BCUT2D eigenvalue weighted by Crippen LogP contribution is -2.37. The van der Waals surface area contributed by atoms with Crippen molar-refractivity contribution in [3.05, 3.63) is 29.8 Å². The van der Waals surface area contributed by atoms with E-state index in [-0.39, 0.29) is 41.8 Å². The standard InChI is InChI=1S/C25H37N3O4/c1-17(2)26-23(29)12-19-15-28(14-18-6-8-20(31-3)9-7-18)21-16-32-22(25(19)21)13-24(30)27-10-4-5-11-27/h6-9,17,19,21-22,25H,4-5,10-16H2,1-3H3,(H,26,29)/t19-,21-,22+,25-/m1/s1. The van der Waals surface area contributed by atoms with E-state index in [4.69, 9.17) is 9.47 Å². The molecule has 0 saturated carbocycles. The lowest BCUT2D eigenvalue weighted by atomic mass is 9.84. The molecular formula is C25H37N3O4. The smallest absolute Gasteiger partial charge is 0.225 e. The van der Waals surface area contributed by atoms with Crippen LogP contribution in [0.1, 0.15) is 45.1 Å². The Morgan fingerprint density at radius 2 is 1.88 bits per heavy atom. The normalized spacial score (nSPS) is 27.7. The van der Waals surface area contributed by atoms with Gasteiger partial charge >= 0.3 is 0 Å². The van der Waals surface area contributed by atoms with Crippen LogP contribution in [0, 0.1) is 11.8 Å². The molecule has 1 aromatic rings. The van der Waals surface area contributed by atoms with Gasteiger partial charge in [0.05, 0.1) is 26.2 Å². The van der Waals surface area contributed by atoms with Gasteiger partial charge in [-0.3, -0.25) is 14.5 Å². The van der Waals surface area contributed by atoms with E-state index in [2.05, 4.69) is 22.3 Å². The highest BCUT2D eigenvalue weighted by Crippen LogP contribution is 2.42. The molecule has 7 nitrogen and oxygen atoms in total. The molecule has 1 aromatic carbocycles. The van der Waals surface area contributed by atoms with Crippen LogP contribution in [0.5, 0.6) is 5.75 Å². The second kappa shape index (κ2) is 10.2. The monoisotopic (exact) mass is 443 g/mol. The molecule has 0 aromatic heterocycles. The Morgan fingerprint density at radius 1 is 1.16 bits per heavy atom. The predicted molar refractivity (Wildman–Crippen MR) is 122 cm³/mol. The average Bonchev–Trinajstić information content (AvgIpc) is 3.48. The van der Waals surface area contributed by atoms with E-state index in [0.717, 1.165) is 44.8 Å². The summed E-state index contributed by atoms with van der Waals surface area (Å²) in [6.45, 7) is 7.99. The summed E-state index contributed by atoms with van der Waals surface area (Å²) in [5.41, 5.74) is 1.22. The molecule has 3 fully saturated rings. The van der Waals surface area contributed by atoms with Crippen molar-refractivity contribution in [2.24, 2.45) is 11.8 Å². The van der Waals surface area contributed by atoms with Gasteiger partial charge < -0.3 is 19.7 Å². The molecule has 0 bridgehead atoms. The van der Waals surface area contributed by atoms with E-state index < -0.39 is 0 Å². The van der Waals surface area contributed by atoms with Crippen LogP contribution in [-0.2, 0) is 20.9 Å². The summed E-state index contributed by atoms with van der Waals surface area (Å²) in [5, 5.41) is 3.04. The lowest BCUT2D eigenvalue weighted by molar-refractivity contribution is -0.133. The largest absolute Gasteiger partial charge is 0.497 e. The van der Waals surface area contributed by atoms with Gasteiger partial charge in [0.1, 0.15) is 5.75 Å². The predicted octanol–water partition coefficient (Wildman–Crippen LogP) is 2.44. The quantitative estimate of drug-likeness (QED) is 0.668. The molecule has 3 aliphatic rings. The van der Waals surface area contributed by atoms with E-state index >= 15 is 0 Å². The number of amides is 2. The molecule has 7 heteroatoms. The Morgan fingerprint density at radius 3 is 2.53 bits per heavy atom. The van der Waals surface area contributed by atoms with E-state index in [1.165, 1.54) is 5.56 Å². The maximum Gasteiger partial charge on any atom is 0.225 e. The van der Waals surface area contributed by atoms with Crippen LogP contribution in [0.15, 0.2) is 24.3 Å². The number of hydrogen-bond acceptors (Lipinski definition) is 5. The van der Waals surface area contributed by atoms with E-state index in [9.17, 15) is 9.59 Å². The third kappa shape index (κ3) is 5.26. The molecule has 0 spiro atoms. The van der Waals surface area contributed by atoms with Crippen molar-refractivity contribution in [1.82, 2.24) is 15.1 Å². The van der Waals surface area contributed by atoms with Gasteiger partial charge in [0.15, 0.2) is 0 Å². The number of nitrogens with zero attached hydrogens (tertiary/aromatic N) is 2. The molecule has 0 unspecified atom stereocenters. The molecule has 1 N–H and O–H groups in total. The number of carbonyl (C=O) groups is 2. The fourth-order valence-electron chi connectivity index (χ4n) is 5.65. The van der Waals surface area contributed by atoms with Gasteiger partial charge in [0, 0.05) is 50.6 Å². The first kappa shape index (κ1) is 23.1. The van der Waals surface area contributed by atoms with Crippen LogP contribution in [0.4, 0.5) is 0 Å². The SMILES string of the molecule is COc1ccc(CN2C[C@@H](CC(=O)NC(C)C)[C@H]3[C@H](CC(=O)N4CCCC4)OC[C@H]32)cc1. The zero-order valence-electron chi connectivity index (χ0n) is 19.6. The van der Waals surface area contributed by atoms with Crippen molar-refractivity contribution >= 4 is 11.8 Å². The number of hydrogen-bond donors (Lipinski definition) is 1. The van der Waals surface area contributed by atoms with Gasteiger partial charge in [0.2, 0.25) is 11.8 Å². The number of carbonyl (C=O) groups excluding carboxylic acids is 2. The lowest BCUT2D eigenvalue weighted by Gasteiger charge is -2.25. The molecule has 4 rings (SSSR count). The first-order valence-corrected chi connectivity index (χ1v) is 12.0. The minimum Gasteiger partial charge on any atom is -0.497 e. The Kier molecular flexibility index (Phi) is 7.36. The van der Waals surface area contributed by atoms with Crippen molar-refractivity contribution in [2.45, 2.75) is 64.3 Å². The highest BCUT2D eigenvalue weighted by molar-refractivity contribution is 5.77. The van der Waals surface area contributed by atoms with Crippen LogP contribution in [0.2, 0.25) is 0 Å². The maximum atomic E-state index is 12.8. The third-order valence-electron chi connectivity index (χ3n) is 7.11. The Balaban J connectivity index is 1.46. The van der Waals surface area contributed by atoms with Gasteiger partial charge in [0.25, 0.3) is 0 Å². The van der Waals surface area contributed by atoms with Crippen LogP contribution < -0.4 is 10.1 Å². The Hall–Kier alpha value is -2.12. The molecule has 32 heavy (non-hydrogen) atoms. The maximum absolute atomic E-state index is 12.8. The molecule has 2 amide bonds. The van der Waals surface area contributed by atoms with Gasteiger partial charge in [-0.05, 0) is 50.3 Å². The molecule has 176 valence electrons. The summed E-state index contributed by atoms with van der Waals surface area (Å²) >= 11 is 0. The number of nitrogens with one attached hydrogen (secondary N) is 1. The zero-order chi connectivity index (χ0) is 22.7. The second-order valence-corrected chi connectivity index (χ2v) is 9.77. The molecule has 4 atom stereocenters. The van der Waals surface area contributed by atoms with Gasteiger partial charge in [-0.2, -0.15) is 0 Å². The summed E-state index contributed by atoms with van der Waals surface area (Å²) in [4.78, 5) is 29.9. The molecule has 3 heterocycles. The summed E-state index contributed by atoms with van der Waals surface area (Å²) < 4.78 is 11.5. The number of likely N-dealkylation sites (tertiary alicyclic amines) is 2. The number of ether oxygens (including phenoxy) is 2. The molecule has 0 radical (unpaired) electrons. The van der Waals surface area contributed by atoms with E-state index in [1.54, 1.807) is 7.11 Å². The fourth-order valence-corrected chi connectivity index (χ4v) is 5.65. The van der Waals surface area contributed by atoms with Gasteiger partial charge in [-0.15, -0.1) is 0 Å². The minimum atomic E-state index is -0.106. The number of fused-ring (bicyclic) bond motifs is 1. The van der Waals surface area contributed by atoms with Crippen LogP contribution >= 0.6 is 0 Å². The van der Waals surface area contributed by atoms with E-state index in [0.29, 0.717) is 19.4 Å². The highest BCUT2D eigenvalue weighted by atomic mass is 16.5. The number of methoxy groups -OCH3 is 1. The van der Waals surface area contributed by atoms with Crippen molar-refractivity contribution in [3.8, 4) is 5.75 Å². The summed E-state index contributed by atoms with van der Waals surface area (Å²) in [6, 6.07) is 8.53. The Bertz CT molecular complexity index is 791. The topological polar surface area (TPSA) is 71.1 Å².